The summed E-state index contributed by atoms with van der Waals surface area (Å²) < 4.78 is 0. The molecule has 7 heteroatoms. The third kappa shape index (κ3) is 1.86. The van der Waals surface area contributed by atoms with E-state index in [-0.39, 0.29) is 0 Å². The fraction of sp³-hybridized carbons (Fsp3) is 0.545. The number of nitrogens with two attached hydrogens (primary N) is 1. The predicted octanol–water partition coefficient (Wildman–Crippen LogP) is 1.02. The summed E-state index contributed by atoms with van der Waals surface area (Å²) in [5, 5.41) is 7.86. The Morgan fingerprint density at radius 3 is 3.00 bits per heavy atom. The number of rotatable bonds is 5. The van der Waals surface area contributed by atoms with Crippen LogP contribution in [0.25, 0.3) is 11.0 Å². The topological polar surface area (TPSA) is 95.8 Å². The molecule has 2 aromatic heterocycles. The van der Waals surface area contributed by atoms with Crippen molar-refractivity contribution < 1.29 is 0 Å². The zero-order chi connectivity index (χ0) is 12.5. The van der Waals surface area contributed by atoms with Gasteiger partial charge in [-0.05, 0) is 19.3 Å². The van der Waals surface area contributed by atoms with Crippen LogP contribution in [0.4, 0.5) is 11.8 Å². The van der Waals surface area contributed by atoms with Gasteiger partial charge in [0.15, 0.2) is 5.65 Å². The molecule has 1 aliphatic carbocycles. The van der Waals surface area contributed by atoms with Crippen LogP contribution in [0.1, 0.15) is 26.2 Å². The third-order valence-corrected chi connectivity index (χ3v) is 3.14. The molecule has 18 heavy (non-hydrogen) atoms. The van der Waals surface area contributed by atoms with Crippen LogP contribution in [0.15, 0.2) is 6.20 Å². The minimum Gasteiger partial charge on any atom is -0.353 e. The molecule has 1 fully saturated rings. The van der Waals surface area contributed by atoms with E-state index in [4.69, 9.17) is 5.84 Å². The number of aromatic nitrogens is 4. The highest BCUT2D eigenvalue weighted by molar-refractivity contribution is 5.87. The van der Waals surface area contributed by atoms with Gasteiger partial charge in [-0.1, -0.05) is 6.92 Å². The van der Waals surface area contributed by atoms with Crippen LogP contribution in [0.2, 0.25) is 0 Å². The molecule has 0 radical (unpaired) electrons. The smallest absolute Gasteiger partial charge is 0.241 e. The van der Waals surface area contributed by atoms with Crippen molar-refractivity contribution in [1.82, 2.24) is 20.2 Å². The highest BCUT2D eigenvalue weighted by Gasteiger charge is 2.31. The van der Waals surface area contributed by atoms with Crippen LogP contribution in [-0.4, -0.2) is 32.8 Å². The summed E-state index contributed by atoms with van der Waals surface area (Å²) >= 11 is 0. The second-order valence-electron chi connectivity index (χ2n) is 4.57. The Bertz CT molecular complexity index is 545. The lowest BCUT2D eigenvalue weighted by Crippen LogP contribution is -2.28. The Hall–Kier alpha value is -1.89. The average Bonchev–Trinajstić information content (AvgIpc) is 3.12. The number of hydrogen-bond acceptors (Lipinski definition) is 6. The number of fused-ring (bicyclic) bond motifs is 1. The number of nitrogens with one attached hydrogen (secondary N) is 2. The lowest BCUT2D eigenvalue weighted by Gasteiger charge is -2.23. The molecule has 0 aromatic carbocycles. The van der Waals surface area contributed by atoms with Crippen LogP contribution in [-0.2, 0) is 0 Å². The van der Waals surface area contributed by atoms with E-state index in [1.165, 1.54) is 12.8 Å². The molecule has 4 N–H and O–H groups in total. The lowest BCUT2D eigenvalue weighted by atomic mass is 10.3. The number of nitrogens with zero attached hydrogens (tertiary/aromatic N) is 4. The quantitative estimate of drug-likeness (QED) is 0.539. The molecule has 1 saturated carbocycles. The van der Waals surface area contributed by atoms with Gasteiger partial charge < -0.3 is 4.90 Å². The fourth-order valence-electron chi connectivity index (χ4n) is 2.19. The minimum atomic E-state index is 0.420. The molecule has 2 heterocycles. The Labute approximate surface area is 105 Å². The van der Waals surface area contributed by atoms with Gasteiger partial charge in [0.25, 0.3) is 0 Å². The SMILES string of the molecule is CCCN(c1nc(NN)nc2[nH]ncc12)C1CC1. The third-order valence-electron chi connectivity index (χ3n) is 3.14. The number of aromatic amines is 1. The molecule has 0 spiro atoms. The standard InChI is InChI=1S/C11H17N7/c1-2-5-18(7-3-4-7)10-8-6-13-17-9(8)14-11(15-10)16-12/h6-7H,2-5,12H2,1H3,(H2,13,14,15,16,17). The highest BCUT2D eigenvalue weighted by atomic mass is 15.3. The molecule has 7 nitrogen and oxygen atoms in total. The van der Waals surface area contributed by atoms with Crippen molar-refractivity contribution in [1.29, 1.82) is 0 Å². The van der Waals surface area contributed by atoms with E-state index in [1.807, 2.05) is 0 Å². The molecule has 0 atom stereocenters. The first-order valence-electron chi connectivity index (χ1n) is 6.28. The molecule has 0 bridgehead atoms. The van der Waals surface area contributed by atoms with Crippen LogP contribution in [0.5, 0.6) is 0 Å². The summed E-state index contributed by atoms with van der Waals surface area (Å²) in [5.41, 5.74) is 3.23. The molecule has 96 valence electrons. The van der Waals surface area contributed by atoms with Gasteiger partial charge in [0.1, 0.15) is 5.82 Å². The fourth-order valence-corrected chi connectivity index (χ4v) is 2.19. The van der Waals surface area contributed by atoms with E-state index >= 15 is 0 Å². The Morgan fingerprint density at radius 2 is 2.33 bits per heavy atom. The van der Waals surface area contributed by atoms with E-state index in [2.05, 4.69) is 37.4 Å². The van der Waals surface area contributed by atoms with Gasteiger partial charge in [0.05, 0.1) is 11.6 Å². The van der Waals surface area contributed by atoms with Crippen LogP contribution < -0.4 is 16.2 Å². The molecule has 0 saturated heterocycles. The van der Waals surface area contributed by atoms with Crippen LogP contribution in [0.3, 0.4) is 0 Å². The van der Waals surface area contributed by atoms with Crippen LogP contribution in [0, 0.1) is 0 Å². The van der Waals surface area contributed by atoms with Crippen molar-refractivity contribution in [3.63, 3.8) is 0 Å². The van der Waals surface area contributed by atoms with Gasteiger partial charge in [0, 0.05) is 12.6 Å². The van der Waals surface area contributed by atoms with Crippen molar-refractivity contribution in [2.45, 2.75) is 32.2 Å². The first-order valence-corrected chi connectivity index (χ1v) is 6.28. The number of anilines is 2. The summed E-state index contributed by atoms with van der Waals surface area (Å²) in [7, 11) is 0. The van der Waals surface area contributed by atoms with E-state index in [1.54, 1.807) is 6.20 Å². The monoisotopic (exact) mass is 247 g/mol. The number of H-pyrrole nitrogens is 1. The van der Waals surface area contributed by atoms with Gasteiger partial charge in [-0.2, -0.15) is 15.1 Å². The second kappa shape index (κ2) is 4.41. The van der Waals surface area contributed by atoms with Crippen molar-refractivity contribution in [2.75, 3.05) is 16.9 Å². The molecule has 0 amide bonds. The van der Waals surface area contributed by atoms with Crippen molar-refractivity contribution >= 4 is 22.8 Å². The zero-order valence-electron chi connectivity index (χ0n) is 10.3. The van der Waals surface area contributed by atoms with Gasteiger partial charge >= 0.3 is 0 Å². The zero-order valence-corrected chi connectivity index (χ0v) is 10.3. The van der Waals surface area contributed by atoms with Gasteiger partial charge in [-0.25, -0.2) is 5.84 Å². The molecular formula is C11H17N7. The lowest BCUT2D eigenvalue weighted by molar-refractivity contribution is 0.753. The summed E-state index contributed by atoms with van der Waals surface area (Å²) in [6.07, 6.45) is 5.32. The van der Waals surface area contributed by atoms with Crippen LogP contribution >= 0.6 is 0 Å². The average molecular weight is 247 g/mol. The summed E-state index contributed by atoms with van der Waals surface area (Å²) in [5.74, 6) is 6.76. The van der Waals surface area contributed by atoms with Crippen molar-refractivity contribution in [3.05, 3.63) is 6.20 Å². The van der Waals surface area contributed by atoms with Gasteiger partial charge in [-0.3, -0.25) is 10.5 Å². The van der Waals surface area contributed by atoms with E-state index < -0.39 is 0 Å². The second-order valence-corrected chi connectivity index (χ2v) is 4.57. The normalized spacial score (nSPS) is 15.0. The van der Waals surface area contributed by atoms with E-state index in [0.717, 1.165) is 29.8 Å². The summed E-state index contributed by atoms with van der Waals surface area (Å²) in [4.78, 5) is 11.1. The molecule has 3 rings (SSSR count). The Morgan fingerprint density at radius 1 is 1.50 bits per heavy atom. The highest BCUT2D eigenvalue weighted by Crippen LogP contribution is 2.34. The molecule has 0 aliphatic heterocycles. The van der Waals surface area contributed by atoms with Gasteiger partial charge in [-0.15, -0.1) is 0 Å². The first-order chi connectivity index (χ1) is 8.83. The van der Waals surface area contributed by atoms with E-state index in [0.29, 0.717) is 12.0 Å². The van der Waals surface area contributed by atoms with E-state index in [9.17, 15) is 0 Å². The minimum absolute atomic E-state index is 0.420. The number of hydrazine groups is 1. The molecular weight excluding hydrogens is 230 g/mol. The first kappa shape index (κ1) is 11.2. The predicted molar refractivity (Wildman–Crippen MR) is 70.2 cm³/mol. The summed E-state index contributed by atoms with van der Waals surface area (Å²) in [6, 6.07) is 0.601. The maximum Gasteiger partial charge on any atom is 0.241 e. The molecule has 1 aliphatic rings. The molecule has 2 aromatic rings. The maximum absolute atomic E-state index is 5.42. The summed E-state index contributed by atoms with van der Waals surface area (Å²) in [6.45, 7) is 3.16. The van der Waals surface area contributed by atoms with Crippen molar-refractivity contribution in [3.8, 4) is 0 Å². The number of nitrogen functional groups attached to an aromatic ring is 1. The molecule has 0 unspecified atom stereocenters. The number of hydrogen-bond donors (Lipinski definition) is 3. The Balaban J connectivity index is 2.09. The maximum atomic E-state index is 5.42. The van der Waals surface area contributed by atoms with Gasteiger partial charge in [0.2, 0.25) is 5.95 Å². The Kier molecular flexibility index (Phi) is 2.75. The van der Waals surface area contributed by atoms with Crippen molar-refractivity contribution in [2.24, 2.45) is 5.84 Å². The largest absolute Gasteiger partial charge is 0.353 e.